The Labute approximate surface area is 188 Å². The molecule has 0 atom stereocenters. The SMILES string of the molecule is O=Cc1ccc2c(c1)sc(=O)n2CCC=Cc1ccc(-c2ccccc2)c(NC(=O)O)c1. The number of aldehydes is 1. The van der Waals surface area contributed by atoms with Crippen molar-refractivity contribution < 1.29 is 14.7 Å². The summed E-state index contributed by atoms with van der Waals surface area (Å²) < 4.78 is 2.50. The Morgan fingerprint density at radius 3 is 2.56 bits per heavy atom. The van der Waals surface area contributed by atoms with E-state index in [-0.39, 0.29) is 4.87 Å². The van der Waals surface area contributed by atoms with Crippen LogP contribution in [-0.4, -0.2) is 22.1 Å². The number of carbonyl (C=O) groups is 2. The van der Waals surface area contributed by atoms with Crippen molar-refractivity contribution in [1.82, 2.24) is 4.57 Å². The van der Waals surface area contributed by atoms with Crippen LogP contribution in [0, 0.1) is 0 Å². The second-order valence-corrected chi connectivity index (χ2v) is 8.15. The van der Waals surface area contributed by atoms with Crippen molar-refractivity contribution in [3.05, 3.63) is 93.6 Å². The molecule has 4 aromatic rings. The molecule has 4 rings (SSSR count). The zero-order chi connectivity index (χ0) is 22.5. The van der Waals surface area contributed by atoms with E-state index in [1.165, 1.54) is 0 Å². The number of benzene rings is 3. The minimum absolute atomic E-state index is 0.0587. The van der Waals surface area contributed by atoms with Crippen LogP contribution < -0.4 is 10.2 Å². The van der Waals surface area contributed by atoms with Crippen molar-refractivity contribution in [2.24, 2.45) is 0 Å². The molecule has 0 spiro atoms. The number of hydrogen-bond acceptors (Lipinski definition) is 4. The highest BCUT2D eigenvalue weighted by Gasteiger charge is 2.09. The lowest BCUT2D eigenvalue weighted by molar-refractivity contribution is 0.112. The number of hydrogen-bond donors (Lipinski definition) is 2. The van der Waals surface area contributed by atoms with Crippen molar-refractivity contribution >= 4 is 45.7 Å². The number of aromatic nitrogens is 1. The predicted molar refractivity (Wildman–Crippen MR) is 129 cm³/mol. The topological polar surface area (TPSA) is 88.4 Å². The number of aryl methyl sites for hydroxylation is 1. The van der Waals surface area contributed by atoms with Gasteiger partial charge in [-0.15, -0.1) is 0 Å². The Balaban J connectivity index is 1.52. The first kappa shape index (κ1) is 21.3. The molecule has 32 heavy (non-hydrogen) atoms. The summed E-state index contributed by atoms with van der Waals surface area (Å²) in [6.07, 6.45) is 4.14. The predicted octanol–water partition coefficient (Wildman–Crippen LogP) is 5.74. The summed E-state index contributed by atoms with van der Waals surface area (Å²) in [7, 11) is 0. The van der Waals surface area contributed by atoms with E-state index in [2.05, 4.69) is 5.32 Å². The zero-order valence-corrected chi connectivity index (χ0v) is 17.8. The first-order valence-electron chi connectivity index (χ1n) is 9.99. The molecule has 6 nitrogen and oxygen atoms in total. The molecule has 0 unspecified atom stereocenters. The smallest absolute Gasteiger partial charge is 0.409 e. The molecule has 0 saturated carbocycles. The van der Waals surface area contributed by atoms with Crippen molar-refractivity contribution in [1.29, 1.82) is 0 Å². The summed E-state index contributed by atoms with van der Waals surface area (Å²) >= 11 is 1.13. The molecule has 1 amide bonds. The third kappa shape index (κ3) is 4.68. The van der Waals surface area contributed by atoms with Crippen molar-refractivity contribution in [3.8, 4) is 11.1 Å². The lowest BCUT2D eigenvalue weighted by Crippen LogP contribution is -2.12. The molecule has 7 heteroatoms. The summed E-state index contributed by atoms with van der Waals surface area (Å²) in [5.41, 5.74) is 4.46. The monoisotopic (exact) mass is 444 g/mol. The molecule has 0 radical (unpaired) electrons. The van der Waals surface area contributed by atoms with Crippen LogP contribution in [0.25, 0.3) is 27.4 Å². The van der Waals surface area contributed by atoms with E-state index in [9.17, 15) is 19.5 Å². The summed E-state index contributed by atoms with van der Waals surface area (Å²) in [4.78, 5) is 34.5. The van der Waals surface area contributed by atoms with Gasteiger partial charge in [0.1, 0.15) is 6.29 Å². The van der Waals surface area contributed by atoms with Crippen LogP contribution >= 0.6 is 11.3 Å². The number of nitrogens with zero attached hydrogens (tertiary/aromatic N) is 1. The van der Waals surface area contributed by atoms with Gasteiger partial charge < -0.3 is 5.11 Å². The lowest BCUT2D eigenvalue weighted by Gasteiger charge is -2.10. The fourth-order valence-electron chi connectivity index (χ4n) is 3.54. The van der Waals surface area contributed by atoms with Gasteiger partial charge in [-0.3, -0.25) is 19.5 Å². The Kier molecular flexibility index (Phi) is 6.28. The molecule has 1 heterocycles. The molecular formula is C25H20N2O4S. The van der Waals surface area contributed by atoms with Crippen LogP contribution in [0.3, 0.4) is 0 Å². The summed E-state index contributed by atoms with van der Waals surface area (Å²) in [5.74, 6) is 0. The van der Waals surface area contributed by atoms with E-state index in [4.69, 9.17) is 0 Å². The van der Waals surface area contributed by atoms with Crippen LogP contribution in [0.4, 0.5) is 10.5 Å². The molecule has 0 aliphatic rings. The van der Waals surface area contributed by atoms with E-state index in [0.29, 0.717) is 24.2 Å². The zero-order valence-electron chi connectivity index (χ0n) is 17.0. The van der Waals surface area contributed by atoms with E-state index in [1.807, 2.05) is 54.6 Å². The Bertz CT molecular complexity index is 1370. The standard InChI is InChI=1S/C25H20N2O4S/c28-16-18-10-12-22-23(15-18)32-25(31)27(22)13-5-4-6-17-9-11-20(19-7-2-1-3-8-19)21(14-17)26-24(29)30/h1-4,6-12,14-16,26H,5,13H2,(H,29,30). The van der Waals surface area contributed by atoms with Crippen LogP contribution in [0.2, 0.25) is 0 Å². The number of amides is 1. The highest BCUT2D eigenvalue weighted by molar-refractivity contribution is 7.16. The number of carboxylic acid groups (broad SMARTS) is 1. The first-order valence-corrected chi connectivity index (χ1v) is 10.8. The molecule has 3 aromatic carbocycles. The Morgan fingerprint density at radius 2 is 1.81 bits per heavy atom. The number of rotatable bonds is 7. The third-order valence-corrected chi connectivity index (χ3v) is 5.97. The largest absolute Gasteiger partial charge is 0.465 e. The van der Waals surface area contributed by atoms with Gasteiger partial charge in [0.15, 0.2) is 0 Å². The van der Waals surface area contributed by atoms with Crippen LogP contribution in [0.15, 0.2) is 77.6 Å². The molecule has 0 aliphatic carbocycles. The number of fused-ring (bicyclic) bond motifs is 1. The fourth-order valence-corrected chi connectivity index (χ4v) is 4.51. The molecule has 0 saturated heterocycles. The fraction of sp³-hybridized carbons (Fsp3) is 0.0800. The van der Waals surface area contributed by atoms with Gasteiger partial charge in [-0.25, -0.2) is 4.79 Å². The van der Waals surface area contributed by atoms with Crippen LogP contribution in [0.1, 0.15) is 22.3 Å². The number of anilines is 1. The maximum Gasteiger partial charge on any atom is 0.409 e. The Morgan fingerprint density at radius 1 is 1.03 bits per heavy atom. The second kappa shape index (κ2) is 9.45. The number of allylic oxidation sites excluding steroid dienone is 1. The van der Waals surface area contributed by atoms with Crippen molar-refractivity contribution in [3.63, 3.8) is 0 Å². The van der Waals surface area contributed by atoms with Gasteiger partial charge in [-0.05, 0) is 41.8 Å². The average Bonchev–Trinajstić information content (AvgIpc) is 3.11. The minimum Gasteiger partial charge on any atom is -0.465 e. The maximum absolute atomic E-state index is 12.3. The maximum atomic E-state index is 12.3. The normalized spacial score (nSPS) is 11.1. The molecule has 2 N–H and O–H groups in total. The quantitative estimate of drug-likeness (QED) is 0.356. The van der Waals surface area contributed by atoms with E-state index in [1.54, 1.807) is 28.8 Å². The van der Waals surface area contributed by atoms with E-state index in [0.717, 1.165) is 44.5 Å². The lowest BCUT2D eigenvalue weighted by atomic mass is 10.0. The third-order valence-electron chi connectivity index (χ3n) is 5.03. The highest BCUT2D eigenvalue weighted by atomic mass is 32.1. The van der Waals surface area contributed by atoms with E-state index < -0.39 is 6.09 Å². The first-order chi connectivity index (χ1) is 15.5. The van der Waals surface area contributed by atoms with Gasteiger partial charge >= 0.3 is 11.0 Å². The van der Waals surface area contributed by atoms with Crippen molar-refractivity contribution in [2.45, 2.75) is 13.0 Å². The molecule has 160 valence electrons. The van der Waals surface area contributed by atoms with Gasteiger partial charge in [0.25, 0.3) is 0 Å². The highest BCUT2D eigenvalue weighted by Crippen LogP contribution is 2.29. The number of nitrogens with one attached hydrogen (secondary N) is 1. The molecule has 0 aliphatic heterocycles. The van der Waals surface area contributed by atoms with Crippen molar-refractivity contribution in [2.75, 3.05) is 5.32 Å². The van der Waals surface area contributed by atoms with Gasteiger partial charge in [0.05, 0.1) is 15.9 Å². The van der Waals surface area contributed by atoms with Gasteiger partial charge in [-0.2, -0.15) is 0 Å². The summed E-state index contributed by atoms with van der Waals surface area (Å²) in [6.45, 7) is 0.512. The van der Waals surface area contributed by atoms with Crippen LogP contribution in [0.5, 0.6) is 0 Å². The molecule has 1 aromatic heterocycles. The average molecular weight is 445 g/mol. The van der Waals surface area contributed by atoms with Crippen LogP contribution in [-0.2, 0) is 6.54 Å². The summed E-state index contributed by atoms with van der Waals surface area (Å²) in [5, 5.41) is 11.7. The number of thiazole rings is 1. The van der Waals surface area contributed by atoms with Gasteiger partial charge in [0.2, 0.25) is 0 Å². The molecule has 0 fully saturated rings. The Hall–Kier alpha value is -3.97. The van der Waals surface area contributed by atoms with E-state index >= 15 is 0 Å². The summed E-state index contributed by atoms with van der Waals surface area (Å²) in [6, 6.07) is 20.4. The molecule has 0 bridgehead atoms. The second-order valence-electron chi connectivity index (χ2n) is 7.16. The van der Waals surface area contributed by atoms with Gasteiger partial charge in [-0.1, -0.05) is 66.0 Å². The number of carbonyl (C=O) groups excluding carboxylic acids is 1. The molecular weight excluding hydrogens is 424 g/mol. The van der Waals surface area contributed by atoms with Gasteiger partial charge in [0, 0.05) is 17.7 Å². The minimum atomic E-state index is -1.12.